The Morgan fingerprint density at radius 1 is 1.29 bits per heavy atom. The molecule has 0 bridgehead atoms. The van der Waals surface area contributed by atoms with Crippen molar-refractivity contribution in [2.75, 3.05) is 26.2 Å². The van der Waals surface area contributed by atoms with Crippen LogP contribution in [-0.4, -0.2) is 50.4 Å². The number of urea groups is 1. The number of hydrogen-bond acceptors (Lipinski definition) is 3. The molecule has 1 rings (SSSR count). The van der Waals surface area contributed by atoms with E-state index in [0.717, 1.165) is 0 Å². The number of terminal acetylenes is 1. The molecule has 1 heterocycles. The number of hydrogen-bond donors (Lipinski definition) is 2. The molecule has 2 amide bonds. The summed E-state index contributed by atoms with van der Waals surface area (Å²) in [6.45, 7) is -0.0786. The molecule has 0 aliphatic carbocycles. The molecular formula is C11H16F3N3O3S. The monoisotopic (exact) mass is 327 g/mol. The lowest BCUT2D eigenvalue weighted by atomic mass is 9.98. The summed E-state index contributed by atoms with van der Waals surface area (Å²) in [7, 11) is -5.25. The molecule has 0 unspecified atom stereocenters. The van der Waals surface area contributed by atoms with Crippen molar-refractivity contribution < 1.29 is 26.4 Å². The number of carbonyl (C=O) groups excluding carboxylic acids is 1. The minimum absolute atomic E-state index is 0.0683. The molecule has 0 aromatic carbocycles. The van der Waals surface area contributed by atoms with Crippen LogP contribution in [0.15, 0.2) is 0 Å². The van der Waals surface area contributed by atoms with Crippen molar-refractivity contribution in [1.29, 1.82) is 0 Å². The molecule has 1 saturated heterocycles. The zero-order chi connectivity index (χ0) is 16.1. The Morgan fingerprint density at radius 3 is 2.33 bits per heavy atom. The van der Waals surface area contributed by atoms with E-state index in [1.807, 2.05) is 0 Å². The molecule has 0 atom stereocenters. The summed E-state index contributed by atoms with van der Waals surface area (Å²) in [6, 6.07) is -0.460. The zero-order valence-electron chi connectivity index (χ0n) is 11.1. The Labute approximate surface area is 121 Å². The van der Waals surface area contributed by atoms with Gasteiger partial charge in [-0.25, -0.2) is 13.2 Å². The lowest BCUT2D eigenvalue weighted by Gasteiger charge is -2.31. The van der Waals surface area contributed by atoms with Crippen LogP contribution in [0.5, 0.6) is 0 Å². The molecule has 21 heavy (non-hydrogen) atoms. The quantitative estimate of drug-likeness (QED) is 0.737. The number of alkyl halides is 3. The minimum Gasteiger partial charge on any atom is -0.338 e. The van der Waals surface area contributed by atoms with E-state index in [1.165, 1.54) is 0 Å². The Morgan fingerprint density at radius 2 is 1.86 bits per heavy atom. The van der Waals surface area contributed by atoms with Crippen LogP contribution in [0.25, 0.3) is 0 Å². The third-order valence-electron chi connectivity index (χ3n) is 3.11. The Hall–Kier alpha value is -1.47. The van der Waals surface area contributed by atoms with Gasteiger partial charge in [0.1, 0.15) is 0 Å². The van der Waals surface area contributed by atoms with Gasteiger partial charge in [-0.05, 0) is 18.8 Å². The fraction of sp³-hybridized carbons (Fsp3) is 0.727. The number of piperidine rings is 1. The third kappa shape index (κ3) is 4.78. The second-order valence-electron chi connectivity index (χ2n) is 4.56. The van der Waals surface area contributed by atoms with Crippen molar-refractivity contribution in [3.05, 3.63) is 0 Å². The third-order valence-corrected chi connectivity index (χ3v) is 4.74. The van der Waals surface area contributed by atoms with Gasteiger partial charge < -0.3 is 10.6 Å². The van der Waals surface area contributed by atoms with Crippen LogP contribution in [0.3, 0.4) is 0 Å². The van der Waals surface area contributed by atoms with E-state index in [-0.39, 0.29) is 44.9 Å². The molecular weight excluding hydrogens is 311 g/mol. The number of nitrogens with one attached hydrogen (secondary N) is 2. The van der Waals surface area contributed by atoms with Gasteiger partial charge >= 0.3 is 21.6 Å². The molecule has 1 aliphatic heterocycles. The predicted octanol–water partition coefficient (Wildman–Crippen LogP) is 0.480. The molecule has 6 nitrogen and oxygen atoms in total. The van der Waals surface area contributed by atoms with Gasteiger partial charge in [0.25, 0.3) is 0 Å². The van der Waals surface area contributed by atoms with Gasteiger partial charge in [0.15, 0.2) is 0 Å². The first-order valence-corrected chi connectivity index (χ1v) is 7.64. The summed E-state index contributed by atoms with van der Waals surface area (Å²) < 4.78 is 60.0. The van der Waals surface area contributed by atoms with E-state index in [0.29, 0.717) is 4.31 Å². The van der Waals surface area contributed by atoms with Crippen LogP contribution in [0.2, 0.25) is 0 Å². The number of halogens is 3. The Kier molecular flexibility index (Phi) is 5.86. The first-order valence-electron chi connectivity index (χ1n) is 6.20. The fourth-order valence-electron chi connectivity index (χ4n) is 1.93. The average Bonchev–Trinajstić information content (AvgIpc) is 2.42. The van der Waals surface area contributed by atoms with Crippen molar-refractivity contribution in [3.63, 3.8) is 0 Å². The van der Waals surface area contributed by atoms with Gasteiger partial charge in [0.05, 0.1) is 6.54 Å². The number of carbonyl (C=O) groups is 1. The van der Waals surface area contributed by atoms with Gasteiger partial charge in [0.2, 0.25) is 0 Å². The molecule has 120 valence electrons. The van der Waals surface area contributed by atoms with Crippen LogP contribution < -0.4 is 10.6 Å². The highest BCUT2D eigenvalue weighted by molar-refractivity contribution is 7.90. The zero-order valence-corrected chi connectivity index (χ0v) is 11.9. The molecule has 1 aliphatic rings. The van der Waals surface area contributed by atoms with E-state index in [9.17, 15) is 26.4 Å². The van der Waals surface area contributed by atoms with Gasteiger partial charge in [-0.1, -0.05) is 5.92 Å². The van der Waals surface area contributed by atoms with E-state index >= 15 is 0 Å². The molecule has 0 aromatic heterocycles. The number of sulfonamides is 1. The summed E-state index contributed by atoms with van der Waals surface area (Å²) in [5, 5.41) is 4.92. The summed E-state index contributed by atoms with van der Waals surface area (Å²) >= 11 is 0. The normalized spacial score (nSPS) is 18.0. The van der Waals surface area contributed by atoms with Crippen molar-refractivity contribution in [1.82, 2.24) is 14.9 Å². The molecule has 0 radical (unpaired) electrons. The largest absolute Gasteiger partial charge is 0.511 e. The maximum atomic E-state index is 12.4. The minimum atomic E-state index is -5.27. The van der Waals surface area contributed by atoms with Gasteiger partial charge in [-0.3, -0.25) is 0 Å². The molecule has 0 saturated carbocycles. The van der Waals surface area contributed by atoms with Crippen LogP contribution in [0.4, 0.5) is 18.0 Å². The van der Waals surface area contributed by atoms with Crippen molar-refractivity contribution in [2.45, 2.75) is 18.3 Å². The van der Waals surface area contributed by atoms with Crippen LogP contribution in [-0.2, 0) is 10.0 Å². The Bertz CT molecular complexity index is 505. The second-order valence-corrected chi connectivity index (χ2v) is 6.49. The van der Waals surface area contributed by atoms with Gasteiger partial charge in [-0.15, -0.1) is 6.42 Å². The molecule has 2 N–H and O–H groups in total. The van der Waals surface area contributed by atoms with E-state index in [2.05, 4.69) is 16.6 Å². The molecule has 0 spiro atoms. The summed E-state index contributed by atoms with van der Waals surface area (Å²) in [5.74, 6) is 2.15. The van der Waals surface area contributed by atoms with Crippen molar-refractivity contribution >= 4 is 16.1 Å². The molecule has 0 aromatic rings. The number of rotatable bonds is 4. The predicted molar refractivity (Wildman–Crippen MR) is 69.5 cm³/mol. The van der Waals surface area contributed by atoms with Crippen LogP contribution >= 0.6 is 0 Å². The SMILES string of the molecule is C#CCNC(=O)NCC1CCN(S(=O)(=O)C(F)(F)F)CC1. The smallest absolute Gasteiger partial charge is 0.338 e. The van der Waals surface area contributed by atoms with Crippen molar-refractivity contribution in [3.8, 4) is 12.3 Å². The summed E-state index contributed by atoms with van der Waals surface area (Å²) in [6.07, 6.45) is 5.47. The number of amides is 2. The van der Waals surface area contributed by atoms with Crippen LogP contribution in [0.1, 0.15) is 12.8 Å². The highest BCUT2D eigenvalue weighted by Crippen LogP contribution is 2.30. The molecule has 10 heteroatoms. The standard InChI is InChI=1S/C11H16F3N3O3S/c1-2-5-15-10(18)16-8-9-3-6-17(7-4-9)21(19,20)11(12,13)14/h1,9H,3-8H2,(H2,15,16,18). The van der Waals surface area contributed by atoms with Gasteiger partial charge in [-0.2, -0.15) is 17.5 Å². The highest BCUT2D eigenvalue weighted by atomic mass is 32.2. The lowest BCUT2D eigenvalue weighted by Crippen LogP contribution is -2.47. The van der Waals surface area contributed by atoms with E-state index in [1.54, 1.807) is 0 Å². The summed E-state index contributed by atoms with van der Waals surface area (Å²) in [5.41, 5.74) is -5.27. The highest BCUT2D eigenvalue weighted by Gasteiger charge is 2.50. The topological polar surface area (TPSA) is 78.5 Å². The maximum absolute atomic E-state index is 12.4. The van der Waals surface area contributed by atoms with Crippen molar-refractivity contribution in [2.24, 2.45) is 5.92 Å². The summed E-state index contributed by atoms with van der Waals surface area (Å²) in [4.78, 5) is 11.2. The van der Waals surface area contributed by atoms with E-state index < -0.39 is 21.6 Å². The first kappa shape index (κ1) is 17.6. The Balaban J connectivity index is 2.40. The first-order chi connectivity index (χ1) is 9.68. The van der Waals surface area contributed by atoms with Gasteiger partial charge in [0, 0.05) is 19.6 Å². The second kappa shape index (κ2) is 7.00. The molecule has 1 fully saturated rings. The average molecular weight is 327 g/mol. The number of nitrogens with zero attached hydrogens (tertiary/aromatic N) is 1. The fourth-order valence-corrected chi connectivity index (χ4v) is 2.92. The van der Waals surface area contributed by atoms with E-state index in [4.69, 9.17) is 6.42 Å². The van der Waals surface area contributed by atoms with Crippen LogP contribution in [0, 0.1) is 18.3 Å². The lowest BCUT2D eigenvalue weighted by molar-refractivity contribution is -0.0496. The maximum Gasteiger partial charge on any atom is 0.511 e.